The molecule has 7 heteroatoms. The Morgan fingerprint density at radius 3 is 2.50 bits per heavy atom. The van der Waals surface area contributed by atoms with E-state index in [1.54, 1.807) is 23.1 Å². The van der Waals surface area contributed by atoms with E-state index in [2.05, 4.69) is 0 Å². The van der Waals surface area contributed by atoms with Gasteiger partial charge in [0.25, 0.3) is 5.91 Å². The molecule has 0 N–H and O–H groups in total. The maximum atomic E-state index is 12.4. The fraction of sp³-hybridized carbons (Fsp3) is 0.579. The molecule has 1 amide bonds. The van der Waals surface area contributed by atoms with Gasteiger partial charge in [-0.05, 0) is 37.5 Å². The van der Waals surface area contributed by atoms with Gasteiger partial charge in [-0.25, -0.2) is 13.2 Å². The minimum Gasteiger partial charge on any atom is -0.452 e. The molecule has 144 valence electrons. The van der Waals surface area contributed by atoms with Crippen LogP contribution in [0.2, 0.25) is 0 Å². The Hall–Kier alpha value is -1.89. The second kappa shape index (κ2) is 9.16. The average molecular weight is 381 g/mol. The highest BCUT2D eigenvalue weighted by Crippen LogP contribution is 2.22. The highest BCUT2D eigenvalue weighted by molar-refractivity contribution is 7.89. The smallest absolute Gasteiger partial charge is 0.338 e. The summed E-state index contributed by atoms with van der Waals surface area (Å²) in [6.45, 7) is 2.24. The van der Waals surface area contributed by atoms with Crippen molar-refractivity contribution in [1.29, 1.82) is 0 Å². The largest absolute Gasteiger partial charge is 0.452 e. The van der Waals surface area contributed by atoms with Crippen molar-refractivity contribution in [1.82, 2.24) is 4.90 Å². The second-order valence-electron chi connectivity index (χ2n) is 6.82. The van der Waals surface area contributed by atoms with E-state index in [1.165, 1.54) is 12.5 Å². The van der Waals surface area contributed by atoms with E-state index in [9.17, 15) is 18.0 Å². The van der Waals surface area contributed by atoms with Crippen LogP contribution in [0, 0.1) is 0 Å². The number of hydrogen-bond donors (Lipinski definition) is 0. The number of rotatable bonds is 7. The first-order valence-electron chi connectivity index (χ1n) is 9.03. The molecule has 0 unspecified atom stereocenters. The number of likely N-dealkylation sites (N-methyl/N-ethyl adjacent to an activating group) is 1. The van der Waals surface area contributed by atoms with Gasteiger partial charge in [-0.15, -0.1) is 0 Å². The Kier molecular flexibility index (Phi) is 7.20. The van der Waals surface area contributed by atoms with E-state index in [-0.39, 0.29) is 29.9 Å². The summed E-state index contributed by atoms with van der Waals surface area (Å²) in [6.07, 6.45) is 6.60. The lowest BCUT2D eigenvalue weighted by Gasteiger charge is -2.33. The molecule has 26 heavy (non-hydrogen) atoms. The van der Waals surface area contributed by atoms with Crippen molar-refractivity contribution >= 4 is 21.7 Å². The van der Waals surface area contributed by atoms with Crippen LogP contribution < -0.4 is 0 Å². The third kappa shape index (κ3) is 6.12. The van der Waals surface area contributed by atoms with E-state index >= 15 is 0 Å². The van der Waals surface area contributed by atoms with Gasteiger partial charge in [-0.2, -0.15) is 0 Å². The molecular weight excluding hydrogens is 354 g/mol. The Balaban J connectivity index is 1.94. The summed E-state index contributed by atoms with van der Waals surface area (Å²) in [5.41, 5.74) is 0.769. The summed E-state index contributed by atoms with van der Waals surface area (Å²) in [7, 11) is -3.19. The predicted octanol–water partition coefficient (Wildman–Crippen LogP) is 2.57. The SMILES string of the molecule is CCN(C(=O)COC(=O)c1cccc(CS(C)(=O)=O)c1)C1CCCCC1. The van der Waals surface area contributed by atoms with Crippen molar-refractivity contribution in [3.63, 3.8) is 0 Å². The normalized spacial score (nSPS) is 15.5. The van der Waals surface area contributed by atoms with Crippen molar-refractivity contribution in [2.24, 2.45) is 0 Å². The summed E-state index contributed by atoms with van der Waals surface area (Å²) in [5.74, 6) is -0.938. The van der Waals surface area contributed by atoms with Gasteiger partial charge in [0, 0.05) is 18.8 Å². The molecule has 1 aromatic carbocycles. The lowest BCUT2D eigenvalue weighted by atomic mass is 9.94. The van der Waals surface area contributed by atoms with Crippen LogP contribution in [0.15, 0.2) is 24.3 Å². The van der Waals surface area contributed by atoms with Gasteiger partial charge in [0.05, 0.1) is 11.3 Å². The van der Waals surface area contributed by atoms with E-state index < -0.39 is 15.8 Å². The molecule has 1 aliphatic carbocycles. The van der Waals surface area contributed by atoms with Gasteiger partial charge in [0.1, 0.15) is 0 Å². The third-order valence-corrected chi connectivity index (χ3v) is 5.45. The van der Waals surface area contributed by atoms with Gasteiger partial charge < -0.3 is 9.64 Å². The molecule has 0 radical (unpaired) electrons. The van der Waals surface area contributed by atoms with Crippen molar-refractivity contribution in [3.05, 3.63) is 35.4 Å². The Bertz CT molecular complexity index is 738. The van der Waals surface area contributed by atoms with E-state index in [0.29, 0.717) is 12.1 Å². The van der Waals surface area contributed by atoms with Crippen LogP contribution in [-0.4, -0.2) is 50.6 Å². The second-order valence-corrected chi connectivity index (χ2v) is 8.96. The first kappa shape index (κ1) is 20.4. The molecule has 0 saturated heterocycles. The number of amides is 1. The third-order valence-electron chi connectivity index (χ3n) is 4.59. The van der Waals surface area contributed by atoms with Crippen molar-refractivity contribution in [2.75, 3.05) is 19.4 Å². The number of carbonyl (C=O) groups is 2. The Morgan fingerprint density at radius 2 is 1.88 bits per heavy atom. The zero-order chi connectivity index (χ0) is 19.2. The fourth-order valence-corrected chi connectivity index (χ4v) is 4.20. The maximum Gasteiger partial charge on any atom is 0.338 e. The topological polar surface area (TPSA) is 80.8 Å². The van der Waals surface area contributed by atoms with Crippen molar-refractivity contribution in [2.45, 2.75) is 50.8 Å². The van der Waals surface area contributed by atoms with Crippen LogP contribution in [0.1, 0.15) is 54.9 Å². The highest BCUT2D eigenvalue weighted by Gasteiger charge is 2.25. The summed E-state index contributed by atoms with van der Waals surface area (Å²) >= 11 is 0. The number of carbonyl (C=O) groups excluding carboxylic acids is 2. The molecule has 1 aliphatic rings. The maximum absolute atomic E-state index is 12.4. The summed E-state index contributed by atoms with van der Waals surface area (Å²) in [5, 5.41) is 0. The molecule has 1 fully saturated rings. The molecular formula is C19H27NO5S. The number of ether oxygens (including phenoxy) is 1. The quantitative estimate of drug-likeness (QED) is 0.678. The Labute approximate surface area is 155 Å². The van der Waals surface area contributed by atoms with Gasteiger partial charge in [-0.3, -0.25) is 4.79 Å². The lowest BCUT2D eigenvalue weighted by Crippen LogP contribution is -2.43. The molecule has 0 atom stereocenters. The van der Waals surface area contributed by atoms with Crippen LogP contribution in [-0.2, 0) is 25.1 Å². The molecule has 1 saturated carbocycles. The van der Waals surface area contributed by atoms with Gasteiger partial charge in [-0.1, -0.05) is 31.4 Å². The number of hydrogen-bond acceptors (Lipinski definition) is 5. The summed E-state index contributed by atoms with van der Waals surface area (Å²) < 4.78 is 27.9. The molecule has 1 aromatic rings. The van der Waals surface area contributed by atoms with Crippen molar-refractivity contribution in [3.8, 4) is 0 Å². The molecule has 2 rings (SSSR count). The van der Waals surface area contributed by atoms with Crippen LogP contribution in [0.4, 0.5) is 0 Å². The van der Waals surface area contributed by atoms with Gasteiger partial charge in [0.2, 0.25) is 0 Å². The van der Waals surface area contributed by atoms with Crippen LogP contribution in [0.5, 0.6) is 0 Å². The van der Waals surface area contributed by atoms with Gasteiger partial charge >= 0.3 is 5.97 Å². The minimum atomic E-state index is -3.19. The zero-order valence-corrected chi connectivity index (χ0v) is 16.3. The standard InChI is InChI=1S/C19H27NO5S/c1-3-20(17-10-5-4-6-11-17)18(21)13-25-19(22)16-9-7-8-15(12-16)14-26(2,23)24/h7-9,12,17H,3-6,10-11,13-14H2,1-2H3. The average Bonchev–Trinajstić information content (AvgIpc) is 2.60. The number of sulfone groups is 1. The van der Waals surface area contributed by atoms with E-state index in [1.807, 2.05) is 6.92 Å². The molecule has 0 aliphatic heterocycles. The number of benzene rings is 1. The van der Waals surface area contributed by atoms with Crippen LogP contribution in [0.3, 0.4) is 0 Å². The van der Waals surface area contributed by atoms with Crippen LogP contribution in [0.25, 0.3) is 0 Å². The highest BCUT2D eigenvalue weighted by atomic mass is 32.2. The summed E-state index contributed by atoms with van der Waals surface area (Å²) in [4.78, 5) is 26.4. The number of esters is 1. The molecule has 6 nitrogen and oxygen atoms in total. The first-order chi connectivity index (χ1) is 12.3. The van der Waals surface area contributed by atoms with Crippen molar-refractivity contribution < 1.29 is 22.7 Å². The summed E-state index contributed by atoms with van der Waals surface area (Å²) in [6, 6.07) is 6.53. The minimum absolute atomic E-state index is 0.141. The van der Waals surface area contributed by atoms with Gasteiger partial charge in [0.15, 0.2) is 16.4 Å². The van der Waals surface area contributed by atoms with E-state index in [0.717, 1.165) is 31.9 Å². The van der Waals surface area contributed by atoms with Crippen LogP contribution >= 0.6 is 0 Å². The molecule has 0 aromatic heterocycles. The monoisotopic (exact) mass is 381 g/mol. The first-order valence-corrected chi connectivity index (χ1v) is 11.1. The Morgan fingerprint density at radius 1 is 1.19 bits per heavy atom. The molecule has 0 heterocycles. The number of nitrogens with zero attached hydrogens (tertiary/aromatic N) is 1. The predicted molar refractivity (Wildman–Crippen MR) is 99.5 cm³/mol. The lowest BCUT2D eigenvalue weighted by molar-refractivity contribution is -0.137. The fourth-order valence-electron chi connectivity index (χ4n) is 3.42. The molecule has 0 spiro atoms. The van der Waals surface area contributed by atoms with E-state index in [4.69, 9.17) is 4.74 Å². The molecule has 0 bridgehead atoms. The zero-order valence-electron chi connectivity index (χ0n) is 15.4.